The predicted octanol–water partition coefficient (Wildman–Crippen LogP) is 3.63. The molecule has 0 spiro atoms. The van der Waals surface area contributed by atoms with E-state index in [1.54, 1.807) is 18.2 Å². The van der Waals surface area contributed by atoms with Crippen LogP contribution in [0.1, 0.15) is 26.2 Å². The van der Waals surface area contributed by atoms with E-state index in [0.29, 0.717) is 18.0 Å². The largest absolute Gasteiger partial charge is 0.405 e. The van der Waals surface area contributed by atoms with Crippen molar-refractivity contribution in [3.63, 3.8) is 0 Å². The van der Waals surface area contributed by atoms with Gasteiger partial charge in [-0.25, -0.2) is 0 Å². The molecule has 0 radical (unpaired) electrons. The van der Waals surface area contributed by atoms with E-state index in [9.17, 15) is 18.0 Å². The topological polar surface area (TPSA) is 53.2 Å². The molecular formula is C17H24F3N3O. The van der Waals surface area contributed by atoms with Gasteiger partial charge in [-0.1, -0.05) is 19.1 Å². The van der Waals surface area contributed by atoms with Crippen LogP contribution in [0, 0.1) is 11.8 Å². The van der Waals surface area contributed by atoms with Crippen molar-refractivity contribution < 1.29 is 18.0 Å². The lowest BCUT2D eigenvalue weighted by atomic mass is 9.84. The van der Waals surface area contributed by atoms with Crippen molar-refractivity contribution in [2.75, 3.05) is 30.3 Å². The Bertz CT molecular complexity index is 542. The fourth-order valence-corrected chi connectivity index (χ4v) is 3.02. The first-order valence-electron chi connectivity index (χ1n) is 8.25. The summed E-state index contributed by atoms with van der Waals surface area (Å²) in [4.78, 5) is 12.2. The number of anilines is 2. The highest BCUT2D eigenvalue weighted by molar-refractivity contribution is 5.94. The summed E-state index contributed by atoms with van der Waals surface area (Å²) in [5.74, 6) is 0.597. The molecule has 1 aromatic rings. The van der Waals surface area contributed by atoms with Crippen molar-refractivity contribution in [3.8, 4) is 0 Å². The van der Waals surface area contributed by atoms with Gasteiger partial charge in [0.1, 0.15) is 6.54 Å². The van der Waals surface area contributed by atoms with Gasteiger partial charge in [-0.05, 0) is 49.9 Å². The fourth-order valence-electron chi connectivity index (χ4n) is 3.02. The van der Waals surface area contributed by atoms with Crippen molar-refractivity contribution in [3.05, 3.63) is 24.3 Å². The van der Waals surface area contributed by atoms with Crippen molar-refractivity contribution in [1.82, 2.24) is 5.32 Å². The van der Waals surface area contributed by atoms with Gasteiger partial charge in [0.25, 0.3) is 0 Å². The number of benzene rings is 1. The molecule has 134 valence electrons. The Morgan fingerprint density at radius 3 is 2.50 bits per heavy atom. The van der Waals surface area contributed by atoms with Crippen LogP contribution in [0.15, 0.2) is 24.3 Å². The van der Waals surface area contributed by atoms with E-state index in [1.807, 2.05) is 0 Å². The normalized spacial score (nSPS) is 17.3. The SMILES string of the molecule is CC(CC(=O)Nc1ccccc1NCC(F)(F)F)C1CCNCC1. The van der Waals surface area contributed by atoms with Crippen LogP contribution in [0.3, 0.4) is 0 Å². The van der Waals surface area contributed by atoms with Gasteiger partial charge in [0.2, 0.25) is 5.91 Å². The Labute approximate surface area is 140 Å². The summed E-state index contributed by atoms with van der Waals surface area (Å²) in [5.41, 5.74) is 0.655. The average Bonchev–Trinajstić information content (AvgIpc) is 2.54. The minimum absolute atomic E-state index is 0.165. The summed E-state index contributed by atoms with van der Waals surface area (Å²) in [6, 6.07) is 6.44. The molecule has 1 fully saturated rings. The number of halogens is 3. The third-order valence-corrected chi connectivity index (χ3v) is 4.38. The Balaban J connectivity index is 1.91. The molecule has 1 unspecified atom stereocenters. The van der Waals surface area contributed by atoms with Crippen LogP contribution in [0.4, 0.5) is 24.5 Å². The van der Waals surface area contributed by atoms with Crippen molar-refractivity contribution >= 4 is 17.3 Å². The fraction of sp³-hybridized carbons (Fsp3) is 0.588. The lowest BCUT2D eigenvalue weighted by Crippen LogP contribution is -2.32. The second-order valence-electron chi connectivity index (χ2n) is 6.33. The zero-order valence-electron chi connectivity index (χ0n) is 13.7. The summed E-state index contributed by atoms with van der Waals surface area (Å²) in [6.45, 7) is 2.87. The second-order valence-corrected chi connectivity index (χ2v) is 6.33. The highest BCUT2D eigenvalue weighted by atomic mass is 19.4. The second kappa shape index (κ2) is 8.37. The van der Waals surface area contributed by atoms with Gasteiger partial charge in [-0.2, -0.15) is 13.2 Å². The molecule has 24 heavy (non-hydrogen) atoms. The lowest BCUT2D eigenvalue weighted by molar-refractivity contribution is -0.117. The maximum Gasteiger partial charge on any atom is 0.405 e. The molecule has 0 aliphatic carbocycles. The molecule has 7 heteroatoms. The Morgan fingerprint density at radius 1 is 1.25 bits per heavy atom. The van der Waals surface area contributed by atoms with Crippen LogP contribution in [0.2, 0.25) is 0 Å². The monoisotopic (exact) mass is 343 g/mol. The van der Waals surface area contributed by atoms with Crippen LogP contribution in [0.25, 0.3) is 0 Å². The number of carbonyl (C=O) groups excluding carboxylic acids is 1. The van der Waals surface area contributed by atoms with Gasteiger partial charge in [-0.15, -0.1) is 0 Å². The molecule has 1 amide bonds. The number of hydrogen-bond donors (Lipinski definition) is 3. The Morgan fingerprint density at radius 2 is 1.88 bits per heavy atom. The van der Waals surface area contributed by atoms with E-state index in [-0.39, 0.29) is 17.5 Å². The quantitative estimate of drug-likeness (QED) is 0.739. The molecule has 1 aliphatic heterocycles. The molecule has 0 saturated carbocycles. The number of rotatable bonds is 6. The summed E-state index contributed by atoms with van der Waals surface area (Å²) >= 11 is 0. The van der Waals surface area contributed by atoms with E-state index >= 15 is 0 Å². The average molecular weight is 343 g/mol. The molecule has 1 saturated heterocycles. The van der Waals surface area contributed by atoms with Crippen molar-refractivity contribution in [2.24, 2.45) is 11.8 Å². The number of carbonyl (C=O) groups is 1. The minimum atomic E-state index is -4.30. The van der Waals surface area contributed by atoms with Crippen LogP contribution >= 0.6 is 0 Å². The molecule has 1 aromatic carbocycles. The first kappa shape index (κ1) is 18.6. The Kier molecular flexibility index (Phi) is 6.48. The summed E-state index contributed by atoms with van der Waals surface area (Å²) in [7, 11) is 0. The van der Waals surface area contributed by atoms with E-state index in [2.05, 4.69) is 22.9 Å². The number of hydrogen-bond acceptors (Lipinski definition) is 3. The smallest absolute Gasteiger partial charge is 0.375 e. The van der Waals surface area contributed by atoms with Gasteiger partial charge >= 0.3 is 6.18 Å². The maximum atomic E-state index is 12.4. The van der Waals surface area contributed by atoms with Gasteiger partial charge in [0.05, 0.1) is 11.4 Å². The highest BCUT2D eigenvalue weighted by Gasteiger charge is 2.27. The van der Waals surface area contributed by atoms with Crippen LogP contribution in [-0.2, 0) is 4.79 Å². The molecule has 3 N–H and O–H groups in total. The first-order chi connectivity index (χ1) is 11.3. The number of amides is 1. The summed E-state index contributed by atoms with van der Waals surface area (Å²) < 4.78 is 37.1. The van der Waals surface area contributed by atoms with Crippen molar-refractivity contribution in [2.45, 2.75) is 32.4 Å². The summed E-state index contributed by atoms with van der Waals surface area (Å²) in [6.07, 6.45) is -1.82. The molecule has 1 heterocycles. The third kappa shape index (κ3) is 6.03. The number of para-hydroxylation sites is 2. The van der Waals surface area contributed by atoms with E-state index < -0.39 is 12.7 Å². The molecule has 2 rings (SSSR count). The number of nitrogens with one attached hydrogen (secondary N) is 3. The standard InChI is InChI=1S/C17H24F3N3O/c1-12(13-6-8-21-9-7-13)10-16(24)23-15-5-3-2-4-14(15)22-11-17(18,19)20/h2-5,12-13,21-22H,6-11H2,1H3,(H,23,24). The van der Waals surface area contributed by atoms with E-state index in [1.165, 1.54) is 6.07 Å². The zero-order chi connectivity index (χ0) is 17.6. The third-order valence-electron chi connectivity index (χ3n) is 4.38. The molecule has 0 aromatic heterocycles. The molecule has 0 bridgehead atoms. The van der Waals surface area contributed by atoms with Gasteiger partial charge in [0, 0.05) is 6.42 Å². The van der Waals surface area contributed by atoms with Gasteiger partial charge in [-0.3, -0.25) is 4.79 Å². The number of alkyl halides is 3. The molecule has 1 aliphatic rings. The van der Waals surface area contributed by atoms with E-state index in [0.717, 1.165) is 25.9 Å². The van der Waals surface area contributed by atoms with Gasteiger partial charge < -0.3 is 16.0 Å². The van der Waals surface area contributed by atoms with Crippen LogP contribution < -0.4 is 16.0 Å². The zero-order valence-corrected chi connectivity index (χ0v) is 13.7. The molecule has 1 atom stereocenters. The van der Waals surface area contributed by atoms with Crippen LogP contribution in [0.5, 0.6) is 0 Å². The van der Waals surface area contributed by atoms with E-state index in [4.69, 9.17) is 0 Å². The molecular weight excluding hydrogens is 319 g/mol. The predicted molar refractivity (Wildman–Crippen MR) is 89.0 cm³/mol. The van der Waals surface area contributed by atoms with Gasteiger partial charge in [0.15, 0.2) is 0 Å². The van der Waals surface area contributed by atoms with Crippen LogP contribution in [-0.4, -0.2) is 31.7 Å². The summed E-state index contributed by atoms with van der Waals surface area (Å²) in [5, 5.41) is 8.36. The lowest BCUT2D eigenvalue weighted by Gasteiger charge is -2.28. The number of piperidine rings is 1. The highest BCUT2D eigenvalue weighted by Crippen LogP contribution is 2.27. The first-order valence-corrected chi connectivity index (χ1v) is 8.25. The minimum Gasteiger partial charge on any atom is -0.375 e. The molecule has 4 nitrogen and oxygen atoms in total. The maximum absolute atomic E-state index is 12.4. The Hall–Kier alpha value is -1.76. The van der Waals surface area contributed by atoms with Crippen molar-refractivity contribution in [1.29, 1.82) is 0 Å².